The SMILES string of the molecule is N#CC1=C(N)[C@@H](C#N)C(c2cccc(Br)c2)=N[C@H]1Br. The van der Waals surface area contributed by atoms with Gasteiger partial charge in [-0.05, 0) is 17.7 Å². The smallest absolute Gasteiger partial charge is 0.141 e. The molecular formula is C13H8Br2N4. The minimum Gasteiger partial charge on any atom is -0.400 e. The summed E-state index contributed by atoms with van der Waals surface area (Å²) < 4.78 is 0.893. The molecule has 6 heteroatoms. The van der Waals surface area contributed by atoms with Crippen molar-refractivity contribution in [2.45, 2.75) is 4.95 Å². The first-order chi connectivity index (χ1) is 9.08. The van der Waals surface area contributed by atoms with Crippen LogP contribution in [0.25, 0.3) is 0 Å². The Morgan fingerprint density at radius 2 is 2.05 bits per heavy atom. The van der Waals surface area contributed by atoms with E-state index in [0.29, 0.717) is 11.3 Å². The van der Waals surface area contributed by atoms with E-state index in [-0.39, 0.29) is 5.70 Å². The molecule has 2 N–H and O–H groups in total. The van der Waals surface area contributed by atoms with Crippen molar-refractivity contribution in [1.82, 2.24) is 0 Å². The van der Waals surface area contributed by atoms with Crippen LogP contribution in [0.15, 0.2) is 45.0 Å². The number of rotatable bonds is 1. The molecule has 1 aromatic rings. The van der Waals surface area contributed by atoms with Crippen molar-refractivity contribution in [3.05, 3.63) is 45.6 Å². The fraction of sp³-hybridized carbons (Fsp3) is 0.154. The predicted molar refractivity (Wildman–Crippen MR) is 79.3 cm³/mol. The molecule has 0 spiro atoms. The Bertz CT molecular complexity index is 664. The van der Waals surface area contributed by atoms with Crippen molar-refractivity contribution < 1.29 is 0 Å². The first kappa shape index (κ1) is 13.8. The van der Waals surface area contributed by atoms with Gasteiger partial charge in [0.15, 0.2) is 0 Å². The van der Waals surface area contributed by atoms with E-state index in [4.69, 9.17) is 11.0 Å². The van der Waals surface area contributed by atoms with Crippen LogP contribution in [0.4, 0.5) is 0 Å². The Morgan fingerprint density at radius 3 is 2.63 bits per heavy atom. The third kappa shape index (κ3) is 2.56. The summed E-state index contributed by atoms with van der Waals surface area (Å²) in [5.41, 5.74) is 7.85. The molecule has 0 amide bonds. The second-order valence-corrected chi connectivity index (χ2v) is 5.69. The molecule has 0 saturated heterocycles. The second kappa shape index (κ2) is 5.56. The number of hydrogen-bond acceptors (Lipinski definition) is 4. The van der Waals surface area contributed by atoms with Crippen molar-refractivity contribution in [2.24, 2.45) is 16.6 Å². The Labute approximate surface area is 127 Å². The van der Waals surface area contributed by atoms with Crippen LogP contribution >= 0.6 is 31.9 Å². The van der Waals surface area contributed by atoms with Crippen LogP contribution in [0, 0.1) is 28.6 Å². The second-order valence-electron chi connectivity index (χ2n) is 3.90. The summed E-state index contributed by atoms with van der Waals surface area (Å²) in [5.74, 6) is -0.697. The molecule has 1 heterocycles. The van der Waals surface area contributed by atoms with Crippen LogP contribution in [0.3, 0.4) is 0 Å². The summed E-state index contributed by atoms with van der Waals surface area (Å²) in [7, 11) is 0. The summed E-state index contributed by atoms with van der Waals surface area (Å²) in [4.78, 5) is 3.87. The van der Waals surface area contributed by atoms with Gasteiger partial charge in [0, 0.05) is 10.2 Å². The lowest BCUT2D eigenvalue weighted by Crippen LogP contribution is -2.29. The summed E-state index contributed by atoms with van der Waals surface area (Å²) in [6.45, 7) is 0. The number of allylic oxidation sites excluding steroid dienone is 1. The summed E-state index contributed by atoms with van der Waals surface area (Å²) in [5, 5.41) is 18.3. The quantitative estimate of drug-likeness (QED) is 0.601. The number of nitrogens with two attached hydrogens (primary N) is 1. The van der Waals surface area contributed by atoms with Gasteiger partial charge in [0.1, 0.15) is 10.9 Å². The maximum atomic E-state index is 9.28. The third-order valence-corrected chi connectivity index (χ3v) is 3.91. The van der Waals surface area contributed by atoms with Crippen molar-refractivity contribution >= 4 is 37.6 Å². The molecule has 0 unspecified atom stereocenters. The molecule has 0 aliphatic carbocycles. The molecule has 19 heavy (non-hydrogen) atoms. The van der Waals surface area contributed by atoms with Gasteiger partial charge in [0.2, 0.25) is 0 Å². The molecule has 0 fully saturated rings. The Kier molecular flexibility index (Phi) is 4.04. The van der Waals surface area contributed by atoms with E-state index < -0.39 is 10.9 Å². The number of nitriles is 2. The number of hydrogen-bond donors (Lipinski definition) is 1. The topological polar surface area (TPSA) is 86.0 Å². The Hall–Kier alpha value is -1.63. The number of alkyl halides is 1. The number of halogens is 2. The lowest BCUT2D eigenvalue weighted by Gasteiger charge is -2.22. The van der Waals surface area contributed by atoms with Crippen LogP contribution < -0.4 is 5.73 Å². The van der Waals surface area contributed by atoms with Gasteiger partial charge in [-0.1, -0.05) is 44.0 Å². The maximum absolute atomic E-state index is 9.28. The van der Waals surface area contributed by atoms with Gasteiger partial charge in [-0.25, -0.2) is 0 Å². The Balaban J connectivity index is 2.54. The average molecular weight is 380 g/mol. The number of benzene rings is 1. The summed E-state index contributed by atoms with van der Waals surface area (Å²) in [6.07, 6.45) is 0. The highest BCUT2D eigenvalue weighted by atomic mass is 79.9. The van der Waals surface area contributed by atoms with Crippen LogP contribution in [0.1, 0.15) is 5.56 Å². The normalized spacial score (nSPS) is 22.4. The molecule has 1 aliphatic heterocycles. The standard InChI is InChI=1S/C13H8Br2N4/c14-8-3-1-2-7(4-8)12-9(5-16)11(18)10(6-17)13(15)19-12/h1-4,9,13H,18H2/t9-,13-/m1/s1. The summed E-state index contributed by atoms with van der Waals surface area (Å²) >= 11 is 6.68. The van der Waals surface area contributed by atoms with Crippen LogP contribution in [0.2, 0.25) is 0 Å². The van der Waals surface area contributed by atoms with Gasteiger partial charge >= 0.3 is 0 Å². The first-order valence-corrected chi connectivity index (χ1v) is 7.06. The highest BCUT2D eigenvalue weighted by Gasteiger charge is 2.30. The van der Waals surface area contributed by atoms with Crippen LogP contribution in [-0.4, -0.2) is 10.7 Å². The minimum atomic E-state index is -0.697. The van der Waals surface area contributed by atoms with E-state index in [1.807, 2.05) is 30.3 Å². The monoisotopic (exact) mass is 378 g/mol. The van der Waals surface area contributed by atoms with Crippen molar-refractivity contribution in [1.29, 1.82) is 10.5 Å². The zero-order valence-electron chi connectivity index (χ0n) is 9.64. The van der Waals surface area contributed by atoms with E-state index in [0.717, 1.165) is 10.0 Å². The third-order valence-electron chi connectivity index (χ3n) is 2.76. The van der Waals surface area contributed by atoms with E-state index in [2.05, 4.69) is 42.9 Å². The van der Waals surface area contributed by atoms with Crippen molar-refractivity contribution in [3.8, 4) is 12.1 Å². The number of nitrogens with zero attached hydrogens (tertiary/aromatic N) is 3. The van der Waals surface area contributed by atoms with E-state index in [1.165, 1.54) is 0 Å². The fourth-order valence-electron chi connectivity index (χ4n) is 1.84. The van der Waals surface area contributed by atoms with Gasteiger partial charge in [-0.15, -0.1) is 0 Å². The molecule has 2 atom stereocenters. The largest absolute Gasteiger partial charge is 0.400 e. The van der Waals surface area contributed by atoms with E-state index in [9.17, 15) is 5.26 Å². The van der Waals surface area contributed by atoms with Crippen LogP contribution in [-0.2, 0) is 0 Å². The predicted octanol–water partition coefficient (Wildman–Crippen LogP) is 2.85. The lowest BCUT2D eigenvalue weighted by molar-refractivity contribution is 0.902. The van der Waals surface area contributed by atoms with Gasteiger partial charge < -0.3 is 5.73 Å². The van der Waals surface area contributed by atoms with E-state index >= 15 is 0 Å². The molecule has 94 valence electrons. The zero-order chi connectivity index (χ0) is 14.0. The molecule has 1 aliphatic rings. The Morgan fingerprint density at radius 1 is 1.32 bits per heavy atom. The zero-order valence-corrected chi connectivity index (χ0v) is 12.8. The van der Waals surface area contributed by atoms with Gasteiger partial charge in [0.05, 0.1) is 23.4 Å². The summed E-state index contributed by atoms with van der Waals surface area (Å²) in [6, 6.07) is 11.6. The van der Waals surface area contributed by atoms with Gasteiger partial charge in [0.25, 0.3) is 0 Å². The first-order valence-electron chi connectivity index (χ1n) is 5.35. The van der Waals surface area contributed by atoms with Gasteiger partial charge in [-0.2, -0.15) is 10.5 Å². The van der Waals surface area contributed by atoms with Crippen LogP contribution in [0.5, 0.6) is 0 Å². The molecule has 1 aromatic carbocycles. The molecule has 0 saturated carbocycles. The van der Waals surface area contributed by atoms with Crippen molar-refractivity contribution in [3.63, 3.8) is 0 Å². The highest BCUT2D eigenvalue weighted by Crippen LogP contribution is 2.29. The van der Waals surface area contributed by atoms with Crippen molar-refractivity contribution in [2.75, 3.05) is 0 Å². The number of dihydropyridines is 1. The molecular weight excluding hydrogens is 372 g/mol. The molecule has 2 rings (SSSR count). The average Bonchev–Trinajstić information content (AvgIpc) is 2.38. The maximum Gasteiger partial charge on any atom is 0.141 e. The highest BCUT2D eigenvalue weighted by molar-refractivity contribution is 9.10. The molecule has 0 aromatic heterocycles. The minimum absolute atomic E-state index is 0.261. The van der Waals surface area contributed by atoms with Gasteiger partial charge in [-0.3, -0.25) is 4.99 Å². The van der Waals surface area contributed by atoms with E-state index in [1.54, 1.807) is 0 Å². The number of aliphatic imine (C=N–C) groups is 1. The fourth-order valence-corrected chi connectivity index (χ4v) is 2.83. The molecule has 4 nitrogen and oxygen atoms in total. The lowest BCUT2D eigenvalue weighted by atomic mass is 9.90. The molecule has 0 radical (unpaired) electrons. The molecule has 0 bridgehead atoms.